The summed E-state index contributed by atoms with van der Waals surface area (Å²) in [6, 6.07) is 7.83. The zero-order valence-electron chi connectivity index (χ0n) is 23.0. The van der Waals surface area contributed by atoms with E-state index in [1.807, 2.05) is 35.9 Å². The SMILES string of the molecule is COc1ccccc1C(Cn1nc(C(C)(C)C=O)c(=O)c2c(C)c(-c3ncco3)sc21)OC1CCN(C)CC1. The van der Waals surface area contributed by atoms with Crippen molar-refractivity contribution >= 4 is 27.8 Å². The van der Waals surface area contributed by atoms with Gasteiger partial charge in [0.05, 0.1) is 41.6 Å². The first-order valence-corrected chi connectivity index (χ1v) is 13.9. The van der Waals surface area contributed by atoms with Gasteiger partial charge in [-0.1, -0.05) is 18.2 Å². The normalized spacial score (nSPS) is 16.0. The monoisotopic (exact) mass is 550 g/mol. The van der Waals surface area contributed by atoms with Crippen molar-refractivity contribution in [1.82, 2.24) is 19.7 Å². The van der Waals surface area contributed by atoms with Crippen LogP contribution < -0.4 is 10.2 Å². The molecule has 4 heterocycles. The van der Waals surface area contributed by atoms with Gasteiger partial charge in [-0.3, -0.25) is 9.48 Å². The maximum atomic E-state index is 13.8. The largest absolute Gasteiger partial charge is 0.496 e. The molecule has 1 unspecified atom stereocenters. The molecule has 1 atom stereocenters. The van der Waals surface area contributed by atoms with E-state index in [0.29, 0.717) is 22.7 Å². The fourth-order valence-corrected chi connectivity index (χ4v) is 6.28. The van der Waals surface area contributed by atoms with E-state index >= 15 is 0 Å². The lowest BCUT2D eigenvalue weighted by Crippen LogP contribution is -2.36. The molecule has 0 aliphatic carbocycles. The lowest BCUT2D eigenvalue weighted by atomic mass is 9.90. The molecule has 0 N–H and O–H groups in total. The second-order valence-corrected chi connectivity index (χ2v) is 11.6. The molecular formula is C29H34N4O5S. The topological polar surface area (TPSA) is 99.7 Å². The van der Waals surface area contributed by atoms with Gasteiger partial charge in [0.1, 0.15) is 34.9 Å². The van der Waals surface area contributed by atoms with E-state index in [1.165, 1.54) is 17.6 Å². The van der Waals surface area contributed by atoms with E-state index in [4.69, 9.17) is 19.0 Å². The van der Waals surface area contributed by atoms with Crippen LogP contribution >= 0.6 is 11.3 Å². The lowest BCUT2D eigenvalue weighted by Gasteiger charge is -2.32. The molecular weight excluding hydrogens is 516 g/mol. The number of nitrogens with zero attached hydrogens (tertiary/aromatic N) is 4. The molecule has 39 heavy (non-hydrogen) atoms. The van der Waals surface area contributed by atoms with Gasteiger partial charge >= 0.3 is 0 Å². The Balaban J connectivity index is 1.67. The van der Waals surface area contributed by atoms with Gasteiger partial charge in [-0.2, -0.15) is 5.10 Å². The molecule has 10 heteroatoms. The van der Waals surface area contributed by atoms with Crippen LogP contribution in [0, 0.1) is 6.92 Å². The lowest BCUT2D eigenvalue weighted by molar-refractivity contribution is -0.111. The van der Waals surface area contributed by atoms with Gasteiger partial charge in [0.25, 0.3) is 0 Å². The number of hydrogen-bond acceptors (Lipinski definition) is 9. The number of aromatic nitrogens is 3. The maximum Gasteiger partial charge on any atom is 0.236 e. The highest BCUT2D eigenvalue weighted by Gasteiger charge is 2.32. The zero-order chi connectivity index (χ0) is 27.7. The van der Waals surface area contributed by atoms with Crippen LogP contribution in [0.2, 0.25) is 0 Å². The third-order valence-corrected chi connectivity index (χ3v) is 8.70. The number of para-hydroxylation sites is 1. The quantitative estimate of drug-likeness (QED) is 0.275. The number of aryl methyl sites for hydroxylation is 1. The molecule has 1 aliphatic rings. The van der Waals surface area contributed by atoms with Crippen LogP contribution in [-0.4, -0.2) is 59.3 Å². The Morgan fingerprint density at radius 2 is 2.00 bits per heavy atom. The second kappa shape index (κ2) is 11.0. The number of carbonyl (C=O) groups excluding carboxylic acids is 1. The Morgan fingerprint density at radius 3 is 2.67 bits per heavy atom. The highest BCUT2D eigenvalue weighted by Crippen LogP contribution is 2.38. The first kappa shape index (κ1) is 27.2. The van der Waals surface area contributed by atoms with Gasteiger partial charge in [0, 0.05) is 18.7 Å². The van der Waals surface area contributed by atoms with E-state index in [9.17, 15) is 9.59 Å². The molecule has 0 bridgehead atoms. The van der Waals surface area contributed by atoms with Crippen molar-refractivity contribution in [3.05, 3.63) is 63.8 Å². The number of hydrogen-bond donors (Lipinski definition) is 0. The summed E-state index contributed by atoms with van der Waals surface area (Å²) < 4.78 is 19.9. The van der Waals surface area contributed by atoms with Crippen molar-refractivity contribution in [3.63, 3.8) is 0 Å². The third-order valence-electron chi connectivity index (χ3n) is 7.40. The number of thiophene rings is 1. The van der Waals surface area contributed by atoms with Crippen LogP contribution in [0.4, 0.5) is 0 Å². The number of fused-ring (bicyclic) bond motifs is 1. The minimum absolute atomic E-state index is 0.0739. The van der Waals surface area contributed by atoms with Gasteiger partial charge in [0.15, 0.2) is 0 Å². The average molecular weight is 551 g/mol. The zero-order valence-corrected chi connectivity index (χ0v) is 23.8. The van der Waals surface area contributed by atoms with Gasteiger partial charge in [-0.25, -0.2) is 4.98 Å². The summed E-state index contributed by atoms with van der Waals surface area (Å²) in [6.07, 6.45) is 5.39. The summed E-state index contributed by atoms with van der Waals surface area (Å²) in [5, 5.41) is 5.33. The van der Waals surface area contributed by atoms with Gasteiger partial charge in [-0.05, 0) is 52.3 Å². The molecule has 4 aromatic rings. The predicted molar refractivity (Wildman–Crippen MR) is 151 cm³/mol. The Kier molecular flexibility index (Phi) is 7.70. The minimum atomic E-state index is -1.07. The molecule has 1 aromatic carbocycles. The smallest absolute Gasteiger partial charge is 0.236 e. The Hall–Kier alpha value is -3.34. The van der Waals surface area contributed by atoms with Gasteiger partial charge in [-0.15, -0.1) is 11.3 Å². The summed E-state index contributed by atoms with van der Waals surface area (Å²) in [7, 11) is 3.77. The Morgan fingerprint density at radius 1 is 1.26 bits per heavy atom. The second-order valence-electron chi connectivity index (χ2n) is 10.6. The van der Waals surface area contributed by atoms with Crippen LogP contribution in [0.25, 0.3) is 21.0 Å². The molecule has 3 aromatic heterocycles. The number of oxazole rings is 1. The van der Waals surface area contributed by atoms with Crippen LogP contribution in [-0.2, 0) is 21.5 Å². The molecule has 0 saturated carbocycles. The summed E-state index contributed by atoms with van der Waals surface area (Å²) in [5.74, 6) is 1.17. The number of methoxy groups -OCH3 is 1. The minimum Gasteiger partial charge on any atom is -0.496 e. The van der Waals surface area contributed by atoms with E-state index < -0.39 is 11.5 Å². The van der Waals surface area contributed by atoms with Crippen LogP contribution in [0.1, 0.15) is 49.6 Å². The summed E-state index contributed by atoms with van der Waals surface area (Å²) in [5.41, 5.74) is 0.536. The number of aldehydes is 1. The highest BCUT2D eigenvalue weighted by atomic mass is 32.1. The van der Waals surface area contributed by atoms with Gasteiger partial charge < -0.3 is 23.6 Å². The van der Waals surface area contributed by atoms with Crippen LogP contribution in [0.15, 0.2) is 45.9 Å². The van der Waals surface area contributed by atoms with E-state index in [1.54, 1.807) is 27.2 Å². The molecule has 1 saturated heterocycles. The highest BCUT2D eigenvalue weighted by molar-refractivity contribution is 7.22. The number of rotatable bonds is 9. The molecule has 0 spiro atoms. The summed E-state index contributed by atoms with van der Waals surface area (Å²) >= 11 is 1.41. The Bertz CT molecular complexity index is 1520. The maximum absolute atomic E-state index is 13.8. The van der Waals surface area contributed by atoms with E-state index in [0.717, 1.165) is 54.0 Å². The van der Waals surface area contributed by atoms with Crippen molar-refractivity contribution in [2.24, 2.45) is 0 Å². The molecule has 1 aliphatic heterocycles. The van der Waals surface area contributed by atoms with E-state index in [2.05, 4.69) is 16.9 Å². The number of benzene rings is 1. The molecule has 0 amide bonds. The Labute approximate surface area is 231 Å². The predicted octanol–water partition coefficient (Wildman–Crippen LogP) is 4.76. The first-order valence-electron chi connectivity index (χ1n) is 13.1. The number of carbonyl (C=O) groups is 1. The number of likely N-dealkylation sites (tertiary alicyclic amines) is 1. The molecule has 5 rings (SSSR count). The molecule has 206 valence electrons. The van der Waals surface area contributed by atoms with Crippen molar-refractivity contribution in [2.45, 2.75) is 57.8 Å². The van der Waals surface area contributed by atoms with Crippen molar-refractivity contribution in [2.75, 3.05) is 27.2 Å². The average Bonchev–Trinajstić information content (AvgIpc) is 3.59. The van der Waals surface area contributed by atoms with E-state index in [-0.39, 0.29) is 17.2 Å². The summed E-state index contributed by atoms with van der Waals surface area (Å²) in [4.78, 5) is 33.9. The van der Waals surface area contributed by atoms with Crippen molar-refractivity contribution < 1.29 is 18.7 Å². The molecule has 0 radical (unpaired) electrons. The molecule has 9 nitrogen and oxygen atoms in total. The fraction of sp³-hybridized carbons (Fsp3) is 0.448. The standard InChI is InChI=1S/C29H34N4O5S/c1-18-23-24(35)26(29(2,3)17-34)31-33(28(23)39-25(18)27-30-12-15-37-27)16-22(20-8-6-7-9-21(20)36-5)38-19-10-13-32(4)14-11-19/h6-9,12,15,17,19,22H,10-11,13-14,16H2,1-5H3. The molecule has 1 fully saturated rings. The summed E-state index contributed by atoms with van der Waals surface area (Å²) in [6.45, 7) is 7.56. The third kappa shape index (κ3) is 5.28. The van der Waals surface area contributed by atoms with Crippen molar-refractivity contribution in [1.29, 1.82) is 0 Å². The number of ether oxygens (including phenoxy) is 2. The van der Waals surface area contributed by atoms with Crippen LogP contribution in [0.3, 0.4) is 0 Å². The first-order chi connectivity index (χ1) is 18.7. The van der Waals surface area contributed by atoms with Gasteiger partial charge in [0.2, 0.25) is 11.3 Å². The van der Waals surface area contributed by atoms with Crippen LogP contribution in [0.5, 0.6) is 5.75 Å². The fourth-order valence-electron chi connectivity index (χ4n) is 5.08. The van der Waals surface area contributed by atoms with Crippen molar-refractivity contribution in [3.8, 4) is 16.5 Å². The number of piperidine rings is 1.